The van der Waals surface area contributed by atoms with Crippen LogP contribution < -0.4 is 5.32 Å². The lowest BCUT2D eigenvalue weighted by atomic mass is 10.1. The van der Waals surface area contributed by atoms with Gasteiger partial charge in [-0.3, -0.25) is 4.79 Å². The molecule has 1 N–H and O–H groups in total. The van der Waals surface area contributed by atoms with E-state index in [1.165, 1.54) is 23.7 Å². The van der Waals surface area contributed by atoms with Gasteiger partial charge in [0.05, 0.1) is 7.05 Å². The summed E-state index contributed by atoms with van der Waals surface area (Å²) in [6.45, 7) is 4.05. The molecule has 1 rings (SSSR count). The van der Waals surface area contributed by atoms with Crippen molar-refractivity contribution in [1.29, 1.82) is 0 Å². The van der Waals surface area contributed by atoms with Crippen molar-refractivity contribution in [2.45, 2.75) is 19.9 Å². The van der Waals surface area contributed by atoms with Crippen LogP contribution in [0.1, 0.15) is 24.3 Å². The molecule has 0 aliphatic heterocycles. The molecule has 1 atom stereocenters. The Labute approximate surface area is 119 Å². The molecule has 1 heterocycles. The number of nitrogens with one attached hydrogen (secondary N) is 1. The molecule has 0 aromatic carbocycles. The molecule has 7 heteroatoms. The van der Waals surface area contributed by atoms with Crippen LogP contribution in [-0.2, 0) is 7.05 Å². The van der Waals surface area contributed by atoms with E-state index in [2.05, 4.69) is 27.9 Å². The molecule has 0 saturated carbocycles. The van der Waals surface area contributed by atoms with Crippen molar-refractivity contribution in [3.05, 3.63) is 27.9 Å². The third-order valence-electron chi connectivity index (χ3n) is 2.80. The number of nitro groups is 1. The van der Waals surface area contributed by atoms with Crippen molar-refractivity contribution in [2.24, 2.45) is 13.0 Å². The van der Waals surface area contributed by atoms with E-state index in [9.17, 15) is 14.9 Å². The standard InChI is InChI=1S/C11H16IN3O3/c1-7(2)8(6-12)13-11(16)9-4-5-10(14(9)3)15(17)18/h4-5,7-8H,6H2,1-3H3,(H,13,16). The van der Waals surface area contributed by atoms with Crippen LogP contribution in [-0.4, -0.2) is 25.9 Å². The van der Waals surface area contributed by atoms with E-state index >= 15 is 0 Å². The lowest BCUT2D eigenvalue weighted by Gasteiger charge is -2.19. The van der Waals surface area contributed by atoms with Crippen LogP contribution >= 0.6 is 22.6 Å². The van der Waals surface area contributed by atoms with E-state index in [1.807, 2.05) is 13.8 Å². The number of amides is 1. The first kappa shape index (κ1) is 14.9. The molecule has 0 spiro atoms. The van der Waals surface area contributed by atoms with Crippen LogP contribution in [0.15, 0.2) is 12.1 Å². The maximum absolute atomic E-state index is 12.0. The predicted molar refractivity (Wildman–Crippen MR) is 77.0 cm³/mol. The van der Waals surface area contributed by atoms with Crippen molar-refractivity contribution in [2.75, 3.05) is 4.43 Å². The molecule has 0 aliphatic carbocycles. The number of hydrogen-bond donors (Lipinski definition) is 1. The Bertz CT molecular complexity index is 456. The van der Waals surface area contributed by atoms with E-state index in [1.54, 1.807) is 0 Å². The Morgan fingerprint density at radius 3 is 2.56 bits per heavy atom. The van der Waals surface area contributed by atoms with Crippen molar-refractivity contribution < 1.29 is 9.72 Å². The van der Waals surface area contributed by atoms with E-state index < -0.39 is 4.92 Å². The summed E-state index contributed by atoms with van der Waals surface area (Å²) < 4.78 is 2.09. The molecule has 18 heavy (non-hydrogen) atoms. The highest BCUT2D eigenvalue weighted by molar-refractivity contribution is 14.1. The fourth-order valence-corrected chi connectivity index (χ4v) is 2.77. The average Bonchev–Trinajstić information content (AvgIpc) is 2.67. The van der Waals surface area contributed by atoms with Crippen molar-refractivity contribution in [3.63, 3.8) is 0 Å². The number of hydrogen-bond acceptors (Lipinski definition) is 3. The normalized spacial score (nSPS) is 12.5. The molecule has 1 amide bonds. The lowest BCUT2D eigenvalue weighted by Crippen LogP contribution is -2.40. The van der Waals surface area contributed by atoms with Crippen molar-refractivity contribution >= 4 is 34.3 Å². The van der Waals surface area contributed by atoms with Gasteiger partial charge >= 0.3 is 5.82 Å². The minimum absolute atomic E-state index is 0.0621. The van der Waals surface area contributed by atoms with Gasteiger partial charge in [0.25, 0.3) is 5.91 Å². The fraction of sp³-hybridized carbons (Fsp3) is 0.545. The Kier molecular flexibility index (Phi) is 5.12. The summed E-state index contributed by atoms with van der Waals surface area (Å²) >= 11 is 2.21. The third kappa shape index (κ3) is 3.21. The summed E-state index contributed by atoms with van der Waals surface area (Å²) in [5, 5.41) is 13.6. The fourth-order valence-electron chi connectivity index (χ4n) is 1.54. The van der Waals surface area contributed by atoms with Crippen LogP contribution in [0.25, 0.3) is 0 Å². The summed E-state index contributed by atoms with van der Waals surface area (Å²) in [5.41, 5.74) is 0.303. The second kappa shape index (κ2) is 6.17. The molecular weight excluding hydrogens is 349 g/mol. The molecular formula is C11H16IN3O3. The van der Waals surface area contributed by atoms with Gasteiger partial charge in [0, 0.05) is 16.5 Å². The van der Waals surface area contributed by atoms with E-state index in [0.29, 0.717) is 11.6 Å². The van der Waals surface area contributed by atoms with Crippen molar-refractivity contribution in [1.82, 2.24) is 9.88 Å². The first-order chi connectivity index (χ1) is 8.38. The number of halogens is 1. The van der Waals surface area contributed by atoms with Gasteiger partial charge in [-0.2, -0.15) is 0 Å². The third-order valence-corrected chi connectivity index (χ3v) is 3.75. The number of nitrogens with zero attached hydrogens (tertiary/aromatic N) is 2. The zero-order valence-corrected chi connectivity index (χ0v) is 12.7. The molecule has 0 radical (unpaired) electrons. The van der Waals surface area contributed by atoms with Gasteiger partial charge in [-0.25, -0.2) is 4.57 Å². The molecule has 1 aromatic rings. The first-order valence-corrected chi connectivity index (χ1v) is 7.08. The maximum atomic E-state index is 12.0. The van der Waals surface area contributed by atoms with Gasteiger partial charge in [0.2, 0.25) is 0 Å². The number of alkyl halides is 1. The van der Waals surface area contributed by atoms with Crippen LogP contribution in [0.4, 0.5) is 5.82 Å². The van der Waals surface area contributed by atoms with Gasteiger partial charge in [-0.15, -0.1) is 0 Å². The van der Waals surface area contributed by atoms with Crippen LogP contribution in [0.3, 0.4) is 0 Å². The largest absolute Gasteiger partial charge is 0.358 e. The number of carbonyl (C=O) groups excluding carboxylic acids is 1. The van der Waals surface area contributed by atoms with Gasteiger partial charge in [0.15, 0.2) is 5.69 Å². The van der Waals surface area contributed by atoms with Gasteiger partial charge in [-0.05, 0) is 16.9 Å². The zero-order valence-electron chi connectivity index (χ0n) is 10.5. The number of carbonyl (C=O) groups is 1. The van der Waals surface area contributed by atoms with Gasteiger partial charge in [0.1, 0.15) is 0 Å². The van der Waals surface area contributed by atoms with E-state index in [-0.39, 0.29) is 17.8 Å². The Morgan fingerprint density at radius 2 is 2.17 bits per heavy atom. The highest BCUT2D eigenvalue weighted by atomic mass is 127. The van der Waals surface area contributed by atoms with E-state index in [0.717, 1.165) is 4.43 Å². The molecule has 0 bridgehead atoms. The summed E-state index contributed by atoms with van der Waals surface area (Å²) in [4.78, 5) is 22.2. The summed E-state index contributed by atoms with van der Waals surface area (Å²) in [6.07, 6.45) is 0. The molecule has 0 aliphatic rings. The summed E-state index contributed by atoms with van der Waals surface area (Å²) in [6, 6.07) is 2.87. The molecule has 1 unspecified atom stereocenters. The van der Waals surface area contributed by atoms with Gasteiger partial charge in [-0.1, -0.05) is 36.4 Å². The SMILES string of the molecule is CC(C)C(CI)NC(=O)c1ccc([N+](=O)[O-])n1C. The Morgan fingerprint density at radius 1 is 1.56 bits per heavy atom. The molecule has 1 aromatic heterocycles. The summed E-state index contributed by atoms with van der Waals surface area (Å²) in [7, 11) is 1.52. The van der Waals surface area contributed by atoms with Crippen LogP contribution in [0.2, 0.25) is 0 Å². The topological polar surface area (TPSA) is 77.2 Å². The minimum Gasteiger partial charge on any atom is -0.358 e. The smallest absolute Gasteiger partial charge is 0.323 e. The number of aromatic nitrogens is 1. The quantitative estimate of drug-likeness (QED) is 0.376. The highest BCUT2D eigenvalue weighted by Gasteiger charge is 2.23. The summed E-state index contributed by atoms with van der Waals surface area (Å²) in [5.74, 6) is -0.0437. The zero-order chi connectivity index (χ0) is 13.9. The predicted octanol–water partition coefficient (Wildman–Crippen LogP) is 2.12. The van der Waals surface area contributed by atoms with Gasteiger partial charge < -0.3 is 15.4 Å². The molecule has 100 valence electrons. The molecule has 0 saturated heterocycles. The minimum atomic E-state index is -0.505. The monoisotopic (exact) mass is 365 g/mol. The average molecular weight is 365 g/mol. The maximum Gasteiger partial charge on any atom is 0.323 e. The highest BCUT2D eigenvalue weighted by Crippen LogP contribution is 2.15. The Hall–Kier alpha value is -1.12. The van der Waals surface area contributed by atoms with E-state index in [4.69, 9.17) is 0 Å². The van der Waals surface area contributed by atoms with Crippen LogP contribution in [0.5, 0.6) is 0 Å². The second-order valence-corrected chi connectivity index (χ2v) is 5.25. The number of rotatable bonds is 5. The second-order valence-electron chi connectivity index (χ2n) is 4.37. The van der Waals surface area contributed by atoms with Crippen molar-refractivity contribution in [3.8, 4) is 0 Å². The molecule has 6 nitrogen and oxygen atoms in total. The lowest BCUT2D eigenvalue weighted by molar-refractivity contribution is -0.391. The first-order valence-electron chi connectivity index (χ1n) is 5.55. The van der Waals surface area contributed by atoms with Crippen LogP contribution in [0, 0.1) is 16.0 Å². The Balaban J connectivity index is 2.88. The molecule has 0 fully saturated rings.